The number of halogens is 2. The van der Waals surface area contributed by atoms with Crippen LogP contribution < -0.4 is 0 Å². The Labute approximate surface area is 96.2 Å². The van der Waals surface area contributed by atoms with Gasteiger partial charge in [-0.3, -0.25) is 0 Å². The van der Waals surface area contributed by atoms with Crippen LogP contribution in [0.25, 0.3) is 0 Å². The van der Waals surface area contributed by atoms with E-state index in [1.54, 1.807) is 13.8 Å². The minimum atomic E-state index is -1.28. The minimum absolute atomic E-state index is 0.139. The molecule has 0 bridgehead atoms. The van der Waals surface area contributed by atoms with Gasteiger partial charge in [-0.2, -0.15) is 0 Å². The van der Waals surface area contributed by atoms with Crippen LogP contribution in [-0.2, 0) is 4.74 Å². The van der Waals surface area contributed by atoms with E-state index >= 15 is 0 Å². The number of hydrogen-bond acceptors (Lipinski definition) is 4. The van der Waals surface area contributed by atoms with E-state index in [0.29, 0.717) is 6.07 Å². The number of rotatable bonds is 1. The Morgan fingerprint density at radius 1 is 1.35 bits per heavy atom. The van der Waals surface area contributed by atoms with Crippen molar-refractivity contribution in [2.75, 3.05) is 6.61 Å². The highest BCUT2D eigenvalue weighted by molar-refractivity contribution is 5.98. The van der Waals surface area contributed by atoms with Gasteiger partial charge in [0, 0.05) is 6.07 Å². The van der Waals surface area contributed by atoms with Crippen LogP contribution in [0.2, 0.25) is 0 Å². The fourth-order valence-electron chi connectivity index (χ4n) is 1.51. The van der Waals surface area contributed by atoms with E-state index in [9.17, 15) is 13.9 Å². The Morgan fingerprint density at radius 3 is 2.53 bits per heavy atom. The summed E-state index contributed by atoms with van der Waals surface area (Å²) in [5, 5.41) is 18.6. The fourth-order valence-corrected chi connectivity index (χ4v) is 1.51. The Balaban J connectivity index is 2.58. The second kappa shape index (κ2) is 3.58. The molecule has 0 saturated heterocycles. The molecule has 2 rings (SSSR count). The Hall–Kier alpha value is -1.85. The lowest BCUT2D eigenvalue weighted by Gasteiger charge is -2.08. The first-order chi connectivity index (χ1) is 7.82. The zero-order valence-corrected chi connectivity index (χ0v) is 9.29. The molecule has 1 aliphatic rings. The van der Waals surface area contributed by atoms with Crippen molar-refractivity contribution in [3.8, 4) is 11.5 Å². The summed E-state index contributed by atoms with van der Waals surface area (Å²) in [5.41, 5.74) is -0.965. The monoisotopic (exact) mass is 243 g/mol. The molecular formula is C11H11F2NO3. The first-order valence-corrected chi connectivity index (χ1v) is 4.95. The van der Waals surface area contributed by atoms with Crippen molar-refractivity contribution in [3.05, 3.63) is 23.3 Å². The summed E-state index contributed by atoms with van der Waals surface area (Å²) in [6, 6.07) is 0.616. The topological polar surface area (TPSA) is 62.0 Å². The van der Waals surface area contributed by atoms with Gasteiger partial charge in [-0.1, -0.05) is 0 Å². The van der Waals surface area contributed by atoms with E-state index in [1.807, 2.05) is 0 Å². The molecule has 0 saturated carbocycles. The van der Waals surface area contributed by atoms with Crippen molar-refractivity contribution in [1.29, 1.82) is 0 Å². The molecule has 1 aromatic rings. The zero-order chi connectivity index (χ0) is 12.8. The van der Waals surface area contributed by atoms with Gasteiger partial charge in [0.15, 0.2) is 17.4 Å². The number of phenols is 2. The van der Waals surface area contributed by atoms with Crippen molar-refractivity contribution in [2.24, 2.45) is 4.99 Å². The molecule has 2 N–H and O–H groups in total. The number of aromatic hydroxyl groups is 2. The number of ether oxygens (including phenoxy) is 1. The summed E-state index contributed by atoms with van der Waals surface area (Å²) >= 11 is 0. The highest BCUT2D eigenvalue weighted by Crippen LogP contribution is 2.33. The number of hydrogen-bond donors (Lipinski definition) is 2. The standard InChI is InChI=1S/C11H11F2NO3/c1-11(2)4-17-10(14-11)7-6(15)3-5(12)9(16)8(7)13/h3,15-16H,4H2,1-2H3. The van der Waals surface area contributed by atoms with Gasteiger partial charge < -0.3 is 14.9 Å². The van der Waals surface area contributed by atoms with Crippen LogP contribution in [0.3, 0.4) is 0 Å². The van der Waals surface area contributed by atoms with Gasteiger partial charge in [-0.05, 0) is 13.8 Å². The largest absolute Gasteiger partial charge is 0.507 e. The maximum absolute atomic E-state index is 13.6. The normalized spacial score (nSPS) is 17.8. The van der Waals surface area contributed by atoms with Gasteiger partial charge in [0.2, 0.25) is 5.90 Å². The van der Waals surface area contributed by atoms with Gasteiger partial charge in [0.05, 0.1) is 5.54 Å². The van der Waals surface area contributed by atoms with E-state index in [-0.39, 0.29) is 12.5 Å². The smallest absolute Gasteiger partial charge is 0.223 e. The second-order valence-corrected chi connectivity index (χ2v) is 4.43. The molecule has 1 heterocycles. The van der Waals surface area contributed by atoms with Gasteiger partial charge in [0.1, 0.15) is 17.9 Å². The molecule has 92 valence electrons. The van der Waals surface area contributed by atoms with E-state index in [0.717, 1.165) is 0 Å². The molecule has 1 aliphatic heterocycles. The summed E-state index contributed by atoms with van der Waals surface area (Å²) in [6.07, 6.45) is 0. The van der Waals surface area contributed by atoms with Crippen LogP contribution in [0.5, 0.6) is 11.5 Å². The number of benzene rings is 1. The maximum Gasteiger partial charge on any atom is 0.223 e. The molecule has 0 aromatic heterocycles. The average molecular weight is 243 g/mol. The molecule has 0 amide bonds. The van der Waals surface area contributed by atoms with Gasteiger partial charge >= 0.3 is 0 Å². The molecule has 4 nitrogen and oxygen atoms in total. The number of aliphatic imine (C=N–C) groups is 1. The molecular weight excluding hydrogens is 232 g/mol. The summed E-state index contributed by atoms with van der Waals surface area (Å²) < 4.78 is 31.7. The fraction of sp³-hybridized carbons (Fsp3) is 0.364. The maximum atomic E-state index is 13.6. The zero-order valence-electron chi connectivity index (χ0n) is 9.29. The Kier molecular flexibility index (Phi) is 2.45. The highest BCUT2D eigenvalue weighted by Gasteiger charge is 2.32. The van der Waals surface area contributed by atoms with E-state index < -0.39 is 34.2 Å². The van der Waals surface area contributed by atoms with Crippen LogP contribution in [0.1, 0.15) is 19.4 Å². The molecule has 0 fully saturated rings. The van der Waals surface area contributed by atoms with Crippen molar-refractivity contribution >= 4 is 5.90 Å². The van der Waals surface area contributed by atoms with Gasteiger partial charge in [-0.15, -0.1) is 0 Å². The minimum Gasteiger partial charge on any atom is -0.507 e. The third-order valence-electron chi connectivity index (χ3n) is 2.35. The van der Waals surface area contributed by atoms with E-state index in [4.69, 9.17) is 9.84 Å². The lowest BCUT2D eigenvalue weighted by Crippen LogP contribution is -2.17. The van der Waals surface area contributed by atoms with Crippen LogP contribution in [0, 0.1) is 11.6 Å². The first kappa shape index (κ1) is 11.6. The molecule has 0 atom stereocenters. The SMILES string of the molecule is CC1(C)COC(c2c(O)cc(F)c(O)c2F)=N1. The second-order valence-electron chi connectivity index (χ2n) is 4.43. The summed E-state index contributed by atoms with van der Waals surface area (Å²) in [4.78, 5) is 4.04. The molecule has 6 heteroatoms. The Bertz CT molecular complexity index is 512. The van der Waals surface area contributed by atoms with Crippen LogP contribution in [-0.4, -0.2) is 28.3 Å². The van der Waals surface area contributed by atoms with Crippen LogP contribution in [0.4, 0.5) is 8.78 Å². The van der Waals surface area contributed by atoms with Crippen LogP contribution >= 0.6 is 0 Å². The third-order valence-corrected chi connectivity index (χ3v) is 2.35. The third kappa shape index (κ3) is 1.90. The molecule has 0 unspecified atom stereocenters. The molecule has 0 spiro atoms. The number of phenolic OH excluding ortho intramolecular Hbond substituents is 2. The predicted octanol–water partition coefficient (Wildman–Crippen LogP) is 1.93. The molecule has 0 radical (unpaired) electrons. The van der Waals surface area contributed by atoms with Crippen molar-refractivity contribution < 1.29 is 23.7 Å². The molecule has 0 aliphatic carbocycles. The summed E-state index contributed by atoms with van der Waals surface area (Å²) in [6.45, 7) is 3.75. The Morgan fingerprint density at radius 2 is 2.00 bits per heavy atom. The van der Waals surface area contributed by atoms with Gasteiger partial charge in [-0.25, -0.2) is 13.8 Å². The van der Waals surface area contributed by atoms with Gasteiger partial charge in [0.25, 0.3) is 0 Å². The molecule has 17 heavy (non-hydrogen) atoms. The molecule has 1 aromatic carbocycles. The lowest BCUT2D eigenvalue weighted by molar-refractivity contribution is 0.277. The van der Waals surface area contributed by atoms with E-state index in [1.165, 1.54) is 0 Å². The van der Waals surface area contributed by atoms with Crippen molar-refractivity contribution in [3.63, 3.8) is 0 Å². The first-order valence-electron chi connectivity index (χ1n) is 4.95. The predicted molar refractivity (Wildman–Crippen MR) is 56.3 cm³/mol. The van der Waals surface area contributed by atoms with Crippen LogP contribution in [0.15, 0.2) is 11.1 Å². The highest BCUT2D eigenvalue weighted by atomic mass is 19.1. The summed E-state index contributed by atoms with van der Waals surface area (Å²) in [5.74, 6) is -4.47. The quantitative estimate of drug-likeness (QED) is 0.741. The average Bonchev–Trinajstić information content (AvgIpc) is 2.55. The van der Waals surface area contributed by atoms with E-state index in [2.05, 4.69) is 4.99 Å². The lowest BCUT2D eigenvalue weighted by atomic mass is 10.1. The van der Waals surface area contributed by atoms with Crippen molar-refractivity contribution in [2.45, 2.75) is 19.4 Å². The number of nitrogens with zero attached hydrogens (tertiary/aromatic N) is 1. The van der Waals surface area contributed by atoms with Crippen molar-refractivity contribution in [1.82, 2.24) is 0 Å². The summed E-state index contributed by atoms with van der Waals surface area (Å²) in [7, 11) is 0.